The van der Waals surface area contributed by atoms with Crippen LogP contribution < -0.4 is 0 Å². The zero-order chi connectivity index (χ0) is 14.7. The van der Waals surface area contributed by atoms with Crippen molar-refractivity contribution in [1.82, 2.24) is 4.90 Å². The van der Waals surface area contributed by atoms with Crippen LogP contribution in [0.2, 0.25) is 0 Å². The minimum absolute atomic E-state index is 0.0526. The van der Waals surface area contributed by atoms with Crippen molar-refractivity contribution in [3.63, 3.8) is 0 Å². The van der Waals surface area contributed by atoms with Crippen molar-refractivity contribution in [1.29, 1.82) is 0 Å². The summed E-state index contributed by atoms with van der Waals surface area (Å²) in [6.07, 6.45) is 1.76. The number of aliphatic carboxylic acids is 1. The van der Waals surface area contributed by atoms with Crippen molar-refractivity contribution < 1.29 is 14.7 Å². The van der Waals surface area contributed by atoms with E-state index in [4.69, 9.17) is 5.11 Å². The second-order valence-electron chi connectivity index (χ2n) is 4.92. The van der Waals surface area contributed by atoms with Gasteiger partial charge in [0.15, 0.2) is 0 Å². The van der Waals surface area contributed by atoms with Gasteiger partial charge in [0.1, 0.15) is 11.8 Å². The molecule has 1 N–H and O–H groups in total. The lowest BCUT2D eigenvalue weighted by Gasteiger charge is -2.32. The van der Waals surface area contributed by atoms with Gasteiger partial charge < -0.3 is 10.0 Å². The lowest BCUT2D eigenvalue weighted by molar-refractivity contribution is -0.145. The first-order valence-corrected chi connectivity index (χ1v) is 8.67. The fraction of sp³-hybridized carbons (Fsp3) is 0.571. The molecule has 6 heteroatoms. The Balaban J connectivity index is 2.22. The predicted octanol–water partition coefficient (Wildman–Crippen LogP) is 2.79. The highest BCUT2D eigenvalue weighted by atomic mass is 32.2. The number of nitrogens with zero attached hydrogens (tertiary/aromatic N) is 1. The Bertz CT molecular complexity index is 500. The van der Waals surface area contributed by atoms with Gasteiger partial charge in [0.05, 0.1) is 0 Å². The van der Waals surface area contributed by atoms with Gasteiger partial charge in [-0.15, -0.1) is 23.1 Å². The molecule has 1 aromatic rings. The predicted molar refractivity (Wildman–Crippen MR) is 82.3 cm³/mol. The second kappa shape index (κ2) is 6.63. The first-order valence-electron chi connectivity index (χ1n) is 6.74. The van der Waals surface area contributed by atoms with Crippen LogP contribution in [0.3, 0.4) is 0 Å². The number of thiophene rings is 1. The minimum atomic E-state index is -0.954. The number of carboxylic acid groups (broad SMARTS) is 1. The zero-order valence-electron chi connectivity index (χ0n) is 11.7. The molecule has 0 radical (unpaired) electrons. The topological polar surface area (TPSA) is 57.6 Å². The highest BCUT2D eigenvalue weighted by Gasteiger charge is 2.33. The number of hydrogen-bond acceptors (Lipinski definition) is 4. The minimum Gasteiger partial charge on any atom is -0.480 e. The monoisotopic (exact) mass is 313 g/mol. The van der Waals surface area contributed by atoms with Crippen LogP contribution in [0.1, 0.15) is 36.0 Å². The molecule has 4 nitrogen and oxygen atoms in total. The summed E-state index contributed by atoms with van der Waals surface area (Å²) in [7, 11) is 0. The van der Waals surface area contributed by atoms with Crippen LogP contribution in [-0.4, -0.2) is 40.2 Å². The van der Waals surface area contributed by atoms with Gasteiger partial charge in [0.2, 0.25) is 5.91 Å². The van der Waals surface area contributed by atoms with Crippen LogP contribution in [0.15, 0.2) is 11.4 Å². The molecule has 0 aromatic carbocycles. The van der Waals surface area contributed by atoms with Crippen molar-refractivity contribution in [2.24, 2.45) is 0 Å². The molecular formula is C14H19NO3S2. The van der Waals surface area contributed by atoms with E-state index in [2.05, 4.69) is 0 Å². The Morgan fingerprint density at radius 1 is 1.55 bits per heavy atom. The van der Waals surface area contributed by atoms with E-state index in [1.54, 1.807) is 23.1 Å². The molecule has 2 rings (SSSR count). The van der Waals surface area contributed by atoms with Gasteiger partial charge in [-0.2, -0.15) is 0 Å². The second-order valence-corrected chi connectivity index (χ2v) is 7.13. The molecule has 2 atom stereocenters. The van der Waals surface area contributed by atoms with Gasteiger partial charge in [-0.25, -0.2) is 0 Å². The Hall–Kier alpha value is -1.01. The lowest BCUT2D eigenvalue weighted by atomic mass is 10.1. The maximum atomic E-state index is 12.7. The summed E-state index contributed by atoms with van der Waals surface area (Å²) in [5, 5.41) is 10.8. The van der Waals surface area contributed by atoms with Crippen molar-refractivity contribution >= 4 is 35.0 Å². The summed E-state index contributed by atoms with van der Waals surface area (Å²) in [4.78, 5) is 26.5. The Labute approximate surface area is 127 Å². The third-order valence-electron chi connectivity index (χ3n) is 3.61. The molecule has 1 aromatic heterocycles. The van der Waals surface area contributed by atoms with E-state index >= 15 is 0 Å². The molecule has 20 heavy (non-hydrogen) atoms. The summed E-state index contributed by atoms with van der Waals surface area (Å²) >= 11 is 3.31. The van der Waals surface area contributed by atoms with Crippen LogP contribution >= 0.6 is 23.1 Å². The third kappa shape index (κ3) is 3.17. The van der Waals surface area contributed by atoms with E-state index in [1.165, 1.54) is 9.78 Å². The Morgan fingerprint density at radius 2 is 2.30 bits per heavy atom. The Morgan fingerprint density at radius 3 is 2.95 bits per heavy atom. The molecule has 110 valence electrons. The molecule has 1 aliphatic rings. The number of carbonyl (C=O) groups excluding carboxylic acids is 1. The quantitative estimate of drug-likeness (QED) is 0.908. The molecule has 2 heterocycles. The maximum Gasteiger partial charge on any atom is 0.323 e. The van der Waals surface area contributed by atoms with E-state index in [-0.39, 0.29) is 23.7 Å². The average Bonchev–Trinajstić information content (AvgIpc) is 2.91. The van der Waals surface area contributed by atoms with Crippen LogP contribution in [-0.2, 0) is 16.0 Å². The number of hydrogen-bond donors (Lipinski definition) is 1. The Kier molecular flexibility index (Phi) is 5.10. The number of fused-ring (bicyclic) bond motifs is 1. The highest BCUT2D eigenvalue weighted by Crippen LogP contribution is 2.40. The van der Waals surface area contributed by atoms with Gasteiger partial charge in [-0.1, -0.05) is 6.92 Å². The number of aryl methyl sites for hydroxylation is 1. The third-order valence-corrected chi connectivity index (χ3v) is 5.84. The summed E-state index contributed by atoms with van der Waals surface area (Å²) < 4.78 is 0. The van der Waals surface area contributed by atoms with Crippen LogP contribution in [0, 0.1) is 0 Å². The number of carbonyl (C=O) groups is 2. The highest BCUT2D eigenvalue weighted by molar-refractivity contribution is 8.00. The van der Waals surface area contributed by atoms with Gasteiger partial charge in [0.25, 0.3) is 0 Å². The van der Waals surface area contributed by atoms with Gasteiger partial charge >= 0.3 is 5.97 Å². The van der Waals surface area contributed by atoms with Crippen molar-refractivity contribution in [2.45, 2.75) is 38.0 Å². The number of carboxylic acids is 1. The van der Waals surface area contributed by atoms with Crippen molar-refractivity contribution in [3.05, 3.63) is 21.9 Å². The smallest absolute Gasteiger partial charge is 0.323 e. The van der Waals surface area contributed by atoms with E-state index in [0.717, 1.165) is 24.2 Å². The van der Waals surface area contributed by atoms with Crippen LogP contribution in [0.5, 0.6) is 0 Å². The van der Waals surface area contributed by atoms with Gasteiger partial charge in [0, 0.05) is 10.9 Å². The molecule has 1 aliphatic heterocycles. The number of rotatable bonds is 5. The van der Waals surface area contributed by atoms with Crippen molar-refractivity contribution in [2.75, 3.05) is 12.3 Å². The van der Waals surface area contributed by atoms with Crippen molar-refractivity contribution in [3.8, 4) is 0 Å². The summed E-state index contributed by atoms with van der Waals surface area (Å²) in [6.45, 7) is 3.66. The number of thioether (sulfide) groups is 1. The van der Waals surface area contributed by atoms with E-state index < -0.39 is 5.97 Å². The normalized spacial score (nSPS) is 19.2. The fourth-order valence-corrected chi connectivity index (χ4v) is 4.68. The largest absolute Gasteiger partial charge is 0.480 e. The van der Waals surface area contributed by atoms with E-state index in [0.29, 0.717) is 0 Å². The van der Waals surface area contributed by atoms with Crippen LogP contribution in [0.25, 0.3) is 0 Å². The molecule has 0 saturated heterocycles. The summed E-state index contributed by atoms with van der Waals surface area (Å²) in [5.41, 5.74) is 1.08. The average molecular weight is 313 g/mol. The molecule has 2 unspecified atom stereocenters. The molecule has 0 saturated carbocycles. The van der Waals surface area contributed by atoms with Gasteiger partial charge in [-0.05, 0) is 42.5 Å². The fourth-order valence-electron chi connectivity index (χ4n) is 2.32. The lowest BCUT2D eigenvalue weighted by Crippen LogP contribution is -2.44. The first kappa shape index (κ1) is 15.4. The van der Waals surface area contributed by atoms with Gasteiger partial charge in [-0.3, -0.25) is 9.59 Å². The number of amides is 1. The summed E-state index contributed by atoms with van der Waals surface area (Å²) in [5.74, 6) is -0.0955. The standard InChI is InChI=1S/C14H19NO3S2/c1-3-9(2)15(8-12(16)17)14(18)13-10-4-6-19-11(10)5-7-20-13/h4,6,9,13H,3,5,7-8H2,1-2H3,(H,16,17). The molecular weight excluding hydrogens is 294 g/mol. The zero-order valence-corrected chi connectivity index (χ0v) is 13.3. The molecule has 1 amide bonds. The summed E-state index contributed by atoms with van der Waals surface area (Å²) in [6, 6.07) is 1.95. The molecule has 0 aliphatic carbocycles. The first-order chi connectivity index (χ1) is 9.54. The SMILES string of the molecule is CCC(C)N(CC(=O)O)C(=O)C1SCCc2sccc21. The molecule has 0 fully saturated rings. The molecule has 0 bridgehead atoms. The van der Waals surface area contributed by atoms with Crippen LogP contribution in [0.4, 0.5) is 0 Å². The molecule has 0 spiro atoms. The van der Waals surface area contributed by atoms with E-state index in [9.17, 15) is 9.59 Å². The maximum absolute atomic E-state index is 12.7. The van der Waals surface area contributed by atoms with E-state index in [1.807, 2.05) is 25.3 Å².